The third kappa shape index (κ3) is 6.18. The summed E-state index contributed by atoms with van der Waals surface area (Å²) in [7, 11) is 0. The van der Waals surface area contributed by atoms with Gasteiger partial charge in [-0.3, -0.25) is 4.90 Å². The summed E-state index contributed by atoms with van der Waals surface area (Å²) in [6.45, 7) is 12.1. The fourth-order valence-electron chi connectivity index (χ4n) is 6.61. The molecule has 1 aromatic carbocycles. The van der Waals surface area contributed by atoms with Crippen molar-refractivity contribution in [1.29, 1.82) is 0 Å². The molecule has 1 aliphatic carbocycles. The predicted octanol–water partition coefficient (Wildman–Crippen LogP) is 6.50. The number of aliphatic hydroxyl groups excluding tert-OH is 1. The van der Waals surface area contributed by atoms with Gasteiger partial charge in [-0.05, 0) is 95.9 Å². The molecule has 6 heteroatoms. The Kier molecular flexibility index (Phi) is 8.15. The van der Waals surface area contributed by atoms with Crippen LogP contribution in [0, 0.1) is 13.8 Å². The van der Waals surface area contributed by atoms with Gasteiger partial charge in [0, 0.05) is 36.4 Å². The number of rotatable bonds is 8. The van der Waals surface area contributed by atoms with E-state index in [1.54, 1.807) is 0 Å². The minimum absolute atomic E-state index is 0.152. The quantitative estimate of drug-likeness (QED) is 0.367. The lowest BCUT2D eigenvalue weighted by atomic mass is 9.89. The van der Waals surface area contributed by atoms with E-state index < -0.39 is 0 Å². The first-order chi connectivity index (χ1) is 17.9. The Hall–Kier alpha value is -2.44. The highest BCUT2D eigenvalue weighted by Gasteiger charge is 2.28. The minimum atomic E-state index is -0.152. The van der Waals surface area contributed by atoms with Crippen LogP contribution in [0.15, 0.2) is 30.6 Å². The van der Waals surface area contributed by atoms with Gasteiger partial charge in [-0.25, -0.2) is 4.98 Å². The zero-order valence-electron chi connectivity index (χ0n) is 23.2. The number of hydrogen-bond acceptors (Lipinski definition) is 5. The average Bonchev–Trinajstić information content (AvgIpc) is 3.23. The summed E-state index contributed by atoms with van der Waals surface area (Å²) in [6, 6.07) is 7.68. The van der Waals surface area contributed by atoms with Crippen molar-refractivity contribution in [2.24, 2.45) is 0 Å². The van der Waals surface area contributed by atoms with Gasteiger partial charge in [0.1, 0.15) is 5.65 Å². The summed E-state index contributed by atoms with van der Waals surface area (Å²) in [5.74, 6) is 1.27. The number of anilines is 1. The number of nitrogens with zero attached hydrogens (tertiary/aromatic N) is 4. The fourth-order valence-corrected chi connectivity index (χ4v) is 6.61. The second kappa shape index (κ2) is 11.5. The van der Waals surface area contributed by atoms with Crippen LogP contribution in [0.1, 0.15) is 99.4 Å². The van der Waals surface area contributed by atoms with E-state index in [1.807, 2.05) is 0 Å². The van der Waals surface area contributed by atoms with Crippen molar-refractivity contribution in [2.45, 2.75) is 110 Å². The molecule has 1 atom stereocenters. The lowest BCUT2D eigenvalue weighted by Crippen LogP contribution is -2.32. The molecular formula is C31H45N5O. The maximum atomic E-state index is 10.1. The molecule has 0 amide bonds. The van der Waals surface area contributed by atoms with Gasteiger partial charge < -0.3 is 15.0 Å². The van der Waals surface area contributed by atoms with E-state index in [9.17, 15) is 5.11 Å². The predicted molar refractivity (Wildman–Crippen MR) is 152 cm³/mol. The molecule has 1 saturated carbocycles. The van der Waals surface area contributed by atoms with E-state index in [0.29, 0.717) is 18.0 Å². The number of fused-ring (bicyclic) bond motifs is 1. The number of piperidine rings is 1. The third-order valence-electron chi connectivity index (χ3n) is 8.47. The topological polar surface area (TPSA) is 66.2 Å². The first kappa shape index (κ1) is 26.2. The van der Waals surface area contributed by atoms with Crippen LogP contribution in [-0.4, -0.2) is 49.8 Å². The molecule has 2 N–H and O–H groups in total. The summed E-state index contributed by atoms with van der Waals surface area (Å²) in [6.07, 6.45) is 12.7. The molecule has 5 rings (SSSR count). The van der Waals surface area contributed by atoms with Gasteiger partial charge in [0.2, 0.25) is 5.95 Å². The number of aromatic nitrogens is 3. The monoisotopic (exact) mass is 503 g/mol. The highest BCUT2D eigenvalue weighted by Crippen LogP contribution is 2.38. The molecule has 37 heavy (non-hydrogen) atoms. The zero-order chi connectivity index (χ0) is 25.9. The van der Waals surface area contributed by atoms with Gasteiger partial charge in [-0.15, -0.1) is 0 Å². The first-order valence-electron chi connectivity index (χ1n) is 14.5. The van der Waals surface area contributed by atoms with E-state index in [0.717, 1.165) is 69.8 Å². The normalized spacial score (nSPS) is 22.4. The SMILES string of the molecule is CCC[C@H](C)Nc1ncc2c(C3CCN(Cc4cc(C)cc(C)c4)CC3)cn(C3CCC(O)CC3)c2n1. The number of nitrogens with one attached hydrogen (secondary N) is 1. The van der Waals surface area contributed by atoms with Gasteiger partial charge >= 0.3 is 0 Å². The Labute approximate surface area is 222 Å². The van der Waals surface area contributed by atoms with E-state index in [4.69, 9.17) is 9.97 Å². The lowest BCUT2D eigenvalue weighted by molar-refractivity contribution is 0.111. The molecule has 3 aromatic rings. The van der Waals surface area contributed by atoms with Crippen LogP contribution in [0.2, 0.25) is 0 Å². The second-order valence-electron chi connectivity index (χ2n) is 11.8. The van der Waals surface area contributed by atoms with Gasteiger partial charge in [-0.1, -0.05) is 42.7 Å². The van der Waals surface area contributed by atoms with Crippen molar-refractivity contribution in [2.75, 3.05) is 18.4 Å². The van der Waals surface area contributed by atoms with Crippen LogP contribution in [0.5, 0.6) is 0 Å². The van der Waals surface area contributed by atoms with Crippen molar-refractivity contribution in [3.8, 4) is 0 Å². The maximum Gasteiger partial charge on any atom is 0.224 e. The summed E-state index contributed by atoms with van der Waals surface area (Å²) in [4.78, 5) is 12.4. The molecule has 0 unspecified atom stereocenters. The van der Waals surface area contributed by atoms with Gasteiger partial charge in [0.15, 0.2) is 0 Å². The largest absolute Gasteiger partial charge is 0.393 e. The molecule has 2 aliphatic rings. The molecular weight excluding hydrogens is 458 g/mol. The number of benzene rings is 1. The van der Waals surface area contributed by atoms with Crippen molar-refractivity contribution < 1.29 is 5.11 Å². The minimum Gasteiger partial charge on any atom is -0.393 e. The Morgan fingerprint density at radius 2 is 1.73 bits per heavy atom. The Bertz CT molecular complexity index is 1170. The Balaban J connectivity index is 1.36. The average molecular weight is 504 g/mol. The number of aliphatic hydroxyl groups is 1. The molecule has 2 aromatic heterocycles. The van der Waals surface area contributed by atoms with Crippen LogP contribution < -0.4 is 5.32 Å². The van der Waals surface area contributed by atoms with Crippen molar-refractivity contribution in [3.63, 3.8) is 0 Å². The summed E-state index contributed by atoms with van der Waals surface area (Å²) < 4.78 is 2.43. The molecule has 0 radical (unpaired) electrons. The number of hydrogen-bond donors (Lipinski definition) is 2. The second-order valence-corrected chi connectivity index (χ2v) is 11.8. The highest BCUT2D eigenvalue weighted by atomic mass is 16.3. The van der Waals surface area contributed by atoms with Crippen LogP contribution >= 0.6 is 0 Å². The molecule has 3 heterocycles. The van der Waals surface area contributed by atoms with Gasteiger partial charge in [0.25, 0.3) is 0 Å². The fraction of sp³-hybridized carbons (Fsp3) is 0.613. The van der Waals surface area contributed by atoms with Gasteiger partial charge in [-0.2, -0.15) is 4.98 Å². The highest BCUT2D eigenvalue weighted by molar-refractivity contribution is 5.81. The summed E-state index contributed by atoms with van der Waals surface area (Å²) >= 11 is 0. The Morgan fingerprint density at radius 3 is 2.41 bits per heavy atom. The summed E-state index contributed by atoms with van der Waals surface area (Å²) in [5, 5.41) is 14.8. The molecule has 0 bridgehead atoms. The third-order valence-corrected chi connectivity index (χ3v) is 8.47. The zero-order valence-corrected chi connectivity index (χ0v) is 23.2. The molecule has 2 fully saturated rings. The molecule has 6 nitrogen and oxygen atoms in total. The lowest BCUT2D eigenvalue weighted by Gasteiger charge is -2.32. The van der Waals surface area contributed by atoms with E-state index in [-0.39, 0.29) is 6.10 Å². The van der Waals surface area contributed by atoms with E-state index >= 15 is 0 Å². The molecule has 1 aliphatic heterocycles. The van der Waals surface area contributed by atoms with Crippen LogP contribution in [-0.2, 0) is 6.54 Å². The first-order valence-corrected chi connectivity index (χ1v) is 14.5. The van der Waals surface area contributed by atoms with Crippen LogP contribution in [0.4, 0.5) is 5.95 Å². The standard InChI is InChI=1S/C31H45N5O/c1-5-6-23(4)33-31-32-18-28-29(20-36(30(28)34-31)26-7-9-27(37)10-8-26)25-11-13-35(14-12-25)19-24-16-21(2)15-22(3)17-24/h15-18,20,23,25-27,37H,5-14,19H2,1-4H3,(H,32,33,34)/t23-,26?,27?/m0/s1. The number of likely N-dealkylation sites (tertiary alicyclic amines) is 1. The number of aryl methyl sites for hydroxylation is 2. The Morgan fingerprint density at radius 1 is 1.03 bits per heavy atom. The molecule has 200 valence electrons. The van der Waals surface area contributed by atoms with Crippen molar-refractivity contribution in [1.82, 2.24) is 19.4 Å². The van der Waals surface area contributed by atoms with Crippen molar-refractivity contribution in [3.05, 3.63) is 52.8 Å². The van der Waals surface area contributed by atoms with E-state index in [2.05, 4.69) is 73.1 Å². The van der Waals surface area contributed by atoms with Crippen LogP contribution in [0.3, 0.4) is 0 Å². The van der Waals surface area contributed by atoms with Crippen LogP contribution in [0.25, 0.3) is 11.0 Å². The summed E-state index contributed by atoms with van der Waals surface area (Å²) in [5.41, 5.74) is 6.62. The van der Waals surface area contributed by atoms with Crippen molar-refractivity contribution >= 4 is 17.0 Å². The van der Waals surface area contributed by atoms with E-state index in [1.165, 1.54) is 40.5 Å². The molecule has 0 spiro atoms. The smallest absolute Gasteiger partial charge is 0.224 e. The van der Waals surface area contributed by atoms with Gasteiger partial charge in [0.05, 0.1) is 6.10 Å². The molecule has 1 saturated heterocycles. The maximum absolute atomic E-state index is 10.1.